The van der Waals surface area contributed by atoms with E-state index in [1.165, 1.54) is 0 Å². The highest BCUT2D eigenvalue weighted by Gasteiger charge is 2.26. The minimum Gasteiger partial charge on any atom is -0.345 e. The van der Waals surface area contributed by atoms with E-state index in [0.29, 0.717) is 22.9 Å². The second kappa shape index (κ2) is 11.1. The van der Waals surface area contributed by atoms with Crippen molar-refractivity contribution in [1.82, 2.24) is 14.8 Å². The zero-order valence-corrected chi connectivity index (χ0v) is 21.3. The number of amides is 1. The van der Waals surface area contributed by atoms with Gasteiger partial charge in [-0.15, -0.1) is 0 Å². The predicted molar refractivity (Wildman–Crippen MR) is 149 cm³/mol. The first-order valence-corrected chi connectivity index (χ1v) is 13.7. The molecule has 1 atom stereocenters. The van der Waals surface area contributed by atoms with Crippen LogP contribution in [0.25, 0.3) is 16.5 Å². The molecule has 1 saturated heterocycles. The van der Waals surface area contributed by atoms with Crippen molar-refractivity contribution in [3.63, 3.8) is 0 Å². The van der Waals surface area contributed by atoms with Gasteiger partial charge in [-0.3, -0.25) is 19.1 Å². The van der Waals surface area contributed by atoms with Gasteiger partial charge in [0, 0.05) is 47.6 Å². The number of thioether (sulfide) groups is 1. The van der Waals surface area contributed by atoms with Crippen molar-refractivity contribution < 1.29 is 4.79 Å². The number of hydrogen-bond acceptors (Lipinski definition) is 4. The Kier molecular flexibility index (Phi) is 7.54. The summed E-state index contributed by atoms with van der Waals surface area (Å²) in [6, 6.07) is 27.1. The van der Waals surface area contributed by atoms with E-state index < -0.39 is 0 Å². The Morgan fingerprint density at radius 2 is 1.50 bits per heavy atom. The molecule has 5 rings (SSSR count). The highest BCUT2D eigenvalue weighted by molar-refractivity contribution is 7.99. The topological polar surface area (TPSA) is 54.3 Å². The molecule has 0 unspecified atom stereocenters. The summed E-state index contributed by atoms with van der Waals surface area (Å²) in [7, 11) is 0. The van der Waals surface area contributed by atoms with E-state index in [0.717, 1.165) is 48.0 Å². The van der Waals surface area contributed by atoms with Crippen molar-refractivity contribution in [2.45, 2.75) is 25.9 Å². The molecule has 1 aliphatic rings. The molecule has 5 nitrogen and oxygen atoms in total. The van der Waals surface area contributed by atoms with Crippen LogP contribution < -0.4 is 10.9 Å². The van der Waals surface area contributed by atoms with Gasteiger partial charge >= 0.3 is 0 Å². The van der Waals surface area contributed by atoms with Gasteiger partial charge in [0.25, 0.3) is 11.5 Å². The van der Waals surface area contributed by atoms with Gasteiger partial charge in [-0.1, -0.05) is 73.7 Å². The Morgan fingerprint density at radius 1 is 0.889 bits per heavy atom. The van der Waals surface area contributed by atoms with Crippen LogP contribution in [0.15, 0.2) is 89.7 Å². The van der Waals surface area contributed by atoms with Gasteiger partial charge in [0.05, 0.1) is 17.3 Å². The largest absolute Gasteiger partial charge is 0.345 e. The van der Waals surface area contributed by atoms with Gasteiger partial charge in [-0.25, -0.2) is 0 Å². The maximum atomic E-state index is 14.1. The number of carbonyl (C=O) groups excluding carboxylic acids is 1. The van der Waals surface area contributed by atoms with Crippen molar-refractivity contribution in [2.75, 3.05) is 24.6 Å². The standard InChI is InChI=1S/C30H31N3O2S/c1-2-26(22-11-5-3-6-12-22)31-29(34)28-24-15-9-10-16-25(24)30(35)33(23-13-7-4-8-14-23)27(28)21-32-17-19-36-20-18-32/h3-16,26H,2,17-21H2,1H3,(H,31,34)/t26-/m0/s1. The fourth-order valence-corrected chi connectivity index (χ4v) is 5.94. The average molecular weight is 498 g/mol. The van der Waals surface area contributed by atoms with Gasteiger partial charge in [0.2, 0.25) is 0 Å². The van der Waals surface area contributed by atoms with Gasteiger partial charge < -0.3 is 5.32 Å². The molecule has 2 heterocycles. The zero-order chi connectivity index (χ0) is 24.9. The molecule has 3 aromatic carbocycles. The lowest BCUT2D eigenvalue weighted by atomic mass is 9.99. The van der Waals surface area contributed by atoms with E-state index in [1.807, 2.05) is 96.7 Å². The summed E-state index contributed by atoms with van der Waals surface area (Å²) in [6.45, 7) is 4.49. The van der Waals surface area contributed by atoms with Crippen LogP contribution in [0.3, 0.4) is 0 Å². The fraction of sp³-hybridized carbons (Fsp3) is 0.267. The van der Waals surface area contributed by atoms with Crippen molar-refractivity contribution >= 4 is 28.4 Å². The third kappa shape index (κ3) is 4.97. The number of carbonyl (C=O) groups is 1. The molecule has 1 amide bonds. The summed E-state index contributed by atoms with van der Waals surface area (Å²) in [5, 5.41) is 4.55. The average Bonchev–Trinajstić information content (AvgIpc) is 2.93. The van der Waals surface area contributed by atoms with Crippen LogP contribution in [0.5, 0.6) is 0 Å². The molecule has 6 heteroatoms. The van der Waals surface area contributed by atoms with Gasteiger partial charge in [0.15, 0.2) is 0 Å². The Balaban J connectivity index is 1.70. The maximum Gasteiger partial charge on any atom is 0.263 e. The molecule has 1 aliphatic heterocycles. The van der Waals surface area contributed by atoms with Crippen molar-refractivity contribution in [3.05, 3.63) is 112 Å². The van der Waals surface area contributed by atoms with E-state index in [9.17, 15) is 9.59 Å². The van der Waals surface area contributed by atoms with Crippen molar-refractivity contribution in [3.8, 4) is 5.69 Å². The van der Waals surface area contributed by atoms with Crippen LogP contribution in [0.2, 0.25) is 0 Å². The molecule has 36 heavy (non-hydrogen) atoms. The van der Waals surface area contributed by atoms with Crippen LogP contribution in [-0.2, 0) is 6.54 Å². The highest BCUT2D eigenvalue weighted by Crippen LogP contribution is 2.26. The molecule has 1 N–H and O–H groups in total. The van der Waals surface area contributed by atoms with Gasteiger partial charge in [-0.05, 0) is 30.2 Å². The predicted octanol–water partition coefficient (Wildman–Crippen LogP) is 5.42. The minimum absolute atomic E-state index is 0.0927. The quantitative estimate of drug-likeness (QED) is 0.370. The third-order valence-electron chi connectivity index (χ3n) is 6.82. The number of rotatable bonds is 7. The summed E-state index contributed by atoms with van der Waals surface area (Å²) in [6.07, 6.45) is 0.769. The summed E-state index contributed by atoms with van der Waals surface area (Å²) < 4.78 is 1.75. The molecule has 1 fully saturated rings. The van der Waals surface area contributed by atoms with Crippen molar-refractivity contribution in [2.24, 2.45) is 0 Å². The molecular weight excluding hydrogens is 466 g/mol. The minimum atomic E-state index is -0.145. The molecule has 0 radical (unpaired) electrons. The van der Waals surface area contributed by atoms with E-state index in [-0.39, 0.29) is 17.5 Å². The number of pyridine rings is 1. The lowest BCUT2D eigenvalue weighted by Crippen LogP contribution is -2.38. The summed E-state index contributed by atoms with van der Waals surface area (Å²) in [5.74, 6) is 1.96. The monoisotopic (exact) mass is 497 g/mol. The third-order valence-corrected chi connectivity index (χ3v) is 7.76. The maximum absolute atomic E-state index is 14.1. The first kappa shape index (κ1) is 24.3. The van der Waals surface area contributed by atoms with E-state index >= 15 is 0 Å². The fourth-order valence-electron chi connectivity index (χ4n) is 4.96. The first-order chi connectivity index (χ1) is 17.7. The SMILES string of the molecule is CC[C@H](NC(=O)c1c(CN2CCSCC2)n(-c2ccccc2)c(=O)c2ccccc12)c1ccccc1. The van der Waals surface area contributed by atoms with Gasteiger partial charge in [-0.2, -0.15) is 11.8 Å². The van der Waals surface area contributed by atoms with Crippen LogP contribution >= 0.6 is 11.8 Å². The van der Waals surface area contributed by atoms with E-state index in [2.05, 4.69) is 17.1 Å². The Bertz CT molecular complexity index is 1400. The lowest BCUT2D eigenvalue weighted by molar-refractivity contribution is 0.0934. The molecule has 0 bridgehead atoms. The summed E-state index contributed by atoms with van der Waals surface area (Å²) in [4.78, 5) is 30.3. The Labute approximate surface area is 216 Å². The molecule has 1 aromatic heterocycles. The second-order valence-electron chi connectivity index (χ2n) is 9.08. The highest BCUT2D eigenvalue weighted by atomic mass is 32.2. The first-order valence-electron chi connectivity index (χ1n) is 12.6. The zero-order valence-electron chi connectivity index (χ0n) is 20.5. The summed E-state index contributed by atoms with van der Waals surface area (Å²) >= 11 is 1.95. The lowest BCUT2D eigenvalue weighted by Gasteiger charge is -2.29. The van der Waals surface area contributed by atoms with Crippen LogP contribution in [0.1, 0.15) is 41.0 Å². The van der Waals surface area contributed by atoms with Crippen molar-refractivity contribution in [1.29, 1.82) is 0 Å². The molecule has 4 aromatic rings. The number of nitrogens with one attached hydrogen (secondary N) is 1. The number of aromatic nitrogens is 1. The second-order valence-corrected chi connectivity index (χ2v) is 10.3. The van der Waals surface area contributed by atoms with Crippen LogP contribution in [-0.4, -0.2) is 40.0 Å². The van der Waals surface area contributed by atoms with Crippen LogP contribution in [0.4, 0.5) is 0 Å². The molecule has 184 valence electrons. The number of fused-ring (bicyclic) bond motifs is 1. The summed E-state index contributed by atoms with van der Waals surface area (Å²) in [5.41, 5.74) is 3.09. The normalized spacial score (nSPS) is 15.0. The molecule has 0 saturated carbocycles. The van der Waals surface area contributed by atoms with Gasteiger partial charge in [0.1, 0.15) is 0 Å². The van der Waals surface area contributed by atoms with E-state index in [1.54, 1.807) is 4.57 Å². The molecule has 0 spiro atoms. The van der Waals surface area contributed by atoms with E-state index in [4.69, 9.17) is 0 Å². The number of hydrogen-bond donors (Lipinski definition) is 1. The number of para-hydroxylation sites is 1. The number of nitrogens with zero attached hydrogens (tertiary/aromatic N) is 2. The Morgan fingerprint density at radius 3 is 2.17 bits per heavy atom. The number of benzene rings is 3. The van der Waals surface area contributed by atoms with Crippen LogP contribution in [0, 0.1) is 0 Å². The smallest absolute Gasteiger partial charge is 0.263 e. The molecular formula is C30H31N3O2S. The molecule has 0 aliphatic carbocycles. The Hall–Kier alpha value is -3.35.